The molecule has 0 aliphatic heterocycles. The molecule has 102 valence electrons. The molecular weight excluding hydrogens is 238 g/mol. The molecule has 0 fully saturated rings. The van der Waals surface area contributed by atoms with Crippen molar-refractivity contribution in [1.82, 2.24) is 15.1 Å². The molecule has 2 rings (SSSR count). The average Bonchev–Trinajstić information content (AvgIpc) is 2.89. The van der Waals surface area contributed by atoms with Crippen LogP contribution < -0.4 is 5.32 Å². The normalized spacial score (nSPS) is 12.5. The van der Waals surface area contributed by atoms with Gasteiger partial charge in [0.1, 0.15) is 0 Å². The number of hydrogen-bond acceptors (Lipinski definition) is 3. The molecule has 4 heteroatoms. The van der Waals surface area contributed by atoms with Crippen LogP contribution in [0.2, 0.25) is 0 Å². The van der Waals surface area contributed by atoms with Crippen LogP contribution in [0, 0.1) is 0 Å². The fourth-order valence-corrected chi connectivity index (χ4v) is 2.15. The first kappa shape index (κ1) is 13.8. The summed E-state index contributed by atoms with van der Waals surface area (Å²) in [6.45, 7) is 3.64. The third kappa shape index (κ3) is 3.91. The van der Waals surface area contributed by atoms with Gasteiger partial charge < -0.3 is 10.4 Å². The maximum Gasteiger partial charge on any atom is 0.0640 e. The molecule has 1 heterocycles. The summed E-state index contributed by atoms with van der Waals surface area (Å²) in [6, 6.07) is 10.8. The standard InChI is InChI=1S/C15H21N3O/c1-2-15(14-6-4-3-5-7-14)16-10-13-11-17-18(12-13)8-9-19/h3-7,11-12,15-16,19H,2,8-10H2,1H3. The highest BCUT2D eigenvalue weighted by atomic mass is 16.3. The second-order valence-electron chi connectivity index (χ2n) is 4.59. The van der Waals surface area contributed by atoms with Gasteiger partial charge in [0.15, 0.2) is 0 Å². The number of nitrogens with one attached hydrogen (secondary N) is 1. The summed E-state index contributed by atoms with van der Waals surface area (Å²) < 4.78 is 1.76. The first-order valence-electron chi connectivity index (χ1n) is 6.74. The predicted molar refractivity (Wildman–Crippen MR) is 75.6 cm³/mol. The molecule has 1 aromatic carbocycles. The Kier molecular flexibility index (Phi) is 5.12. The quantitative estimate of drug-likeness (QED) is 0.800. The molecule has 2 N–H and O–H groups in total. The maximum atomic E-state index is 8.86. The predicted octanol–water partition coefficient (Wildman–Crippen LogP) is 2.12. The molecular formula is C15H21N3O. The van der Waals surface area contributed by atoms with Crippen LogP contribution in [0.15, 0.2) is 42.7 Å². The molecule has 4 nitrogen and oxygen atoms in total. The van der Waals surface area contributed by atoms with E-state index < -0.39 is 0 Å². The largest absolute Gasteiger partial charge is 0.394 e. The number of nitrogens with zero attached hydrogens (tertiary/aromatic N) is 2. The highest BCUT2D eigenvalue weighted by Gasteiger charge is 2.08. The number of aromatic nitrogens is 2. The van der Waals surface area contributed by atoms with Gasteiger partial charge in [0, 0.05) is 24.3 Å². The van der Waals surface area contributed by atoms with Crippen LogP contribution in [0.1, 0.15) is 30.5 Å². The van der Waals surface area contributed by atoms with Gasteiger partial charge in [-0.3, -0.25) is 4.68 Å². The molecule has 2 aromatic rings. The molecule has 0 bridgehead atoms. The van der Waals surface area contributed by atoms with Gasteiger partial charge in [0.25, 0.3) is 0 Å². The molecule has 19 heavy (non-hydrogen) atoms. The molecule has 1 atom stereocenters. The Morgan fingerprint density at radius 1 is 1.32 bits per heavy atom. The highest BCUT2D eigenvalue weighted by Crippen LogP contribution is 2.16. The summed E-state index contributed by atoms with van der Waals surface area (Å²) in [6.07, 6.45) is 4.87. The summed E-state index contributed by atoms with van der Waals surface area (Å²) in [5.74, 6) is 0. The Bertz CT molecular complexity index is 481. The fraction of sp³-hybridized carbons (Fsp3) is 0.400. The highest BCUT2D eigenvalue weighted by molar-refractivity contribution is 5.19. The van der Waals surface area contributed by atoms with E-state index in [1.807, 2.05) is 18.5 Å². The van der Waals surface area contributed by atoms with Crippen molar-refractivity contribution in [2.24, 2.45) is 0 Å². The van der Waals surface area contributed by atoms with Gasteiger partial charge in [-0.15, -0.1) is 0 Å². The second kappa shape index (κ2) is 7.07. The molecule has 0 saturated heterocycles. The van der Waals surface area contributed by atoms with Crippen LogP contribution in [-0.2, 0) is 13.1 Å². The van der Waals surface area contributed by atoms with Gasteiger partial charge in [-0.2, -0.15) is 5.10 Å². The topological polar surface area (TPSA) is 50.1 Å². The lowest BCUT2D eigenvalue weighted by molar-refractivity contribution is 0.269. The Labute approximate surface area is 114 Å². The van der Waals surface area contributed by atoms with Gasteiger partial charge in [-0.1, -0.05) is 37.3 Å². The minimum atomic E-state index is 0.121. The molecule has 0 amide bonds. The van der Waals surface area contributed by atoms with E-state index in [0.717, 1.165) is 18.5 Å². The van der Waals surface area contributed by atoms with E-state index in [-0.39, 0.29) is 6.61 Å². The zero-order valence-corrected chi connectivity index (χ0v) is 11.3. The Hall–Kier alpha value is -1.65. The van der Waals surface area contributed by atoms with Gasteiger partial charge in [0.2, 0.25) is 0 Å². The number of aliphatic hydroxyl groups excluding tert-OH is 1. The van der Waals surface area contributed by atoms with Crippen LogP contribution in [0.25, 0.3) is 0 Å². The third-order valence-corrected chi connectivity index (χ3v) is 3.18. The van der Waals surface area contributed by atoms with E-state index in [9.17, 15) is 0 Å². The van der Waals surface area contributed by atoms with Crippen LogP contribution in [0.4, 0.5) is 0 Å². The van der Waals surface area contributed by atoms with Gasteiger partial charge >= 0.3 is 0 Å². The molecule has 0 saturated carbocycles. The SMILES string of the molecule is CCC(NCc1cnn(CCO)c1)c1ccccc1. The molecule has 0 radical (unpaired) electrons. The molecule has 1 aromatic heterocycles. The van der Waals surface area contributed by atoms with E-state index >= 15 is 0 Å². The van der Waals surface area contributed by atoms with E-state index in [0.29, 0.717) is 12.6 Å². The van der Waals surface area contributed by atoms with Gasteiger partial charge in [0.05, 0.1) is 19.3 Å². The number of benzene rings is 1. The summed E-state index contributed by atoms with van der Waals surface area (Å²) >= 11 is 0. The Morgan fingerprint density at radius 2 is 2.11 bits per heavy atom. The molecule has 0 aliphatic carbocycles. The smallest absolute Gasteiger partial charge is 0.0640 e. The van der Waals surface area contributed by atoms with E-state index in [4.69, 9.17) is 5.11 Å². The first-order chi connectivity index (χ1) is 9.33. The van der Waals surface area contributed by atoms with Gasteiger partial charge in [-0.05, 0) is 12.0 Å². The minimum Gasteiger partial charge on any atom is -0.394 e. The lowest BCUT2D eigenvalue weighted by Crippen LogP contribution is -2.20. The Morgan fingerprint density at radius 3 is 2.79 bits per heavy atom. The zero-order chi connectivity index (χ0) is 13.5. The van der Waals surface area contributed by atoms with E-state index in [2.05, 4.69) is 41.6 Å². The summed E-state index contributed by atoms with van der Waals surface area (Å²) in [4.78, 5) is 0. The van der Waals surface area contributed by atoms with E-state index in [1.54, 1.807) is 4.68 Å². The zero-order valence-electron chi connectivity index (χ0n) is 11.3. The fourth-order valence-electron chi connectivity index (χ4n) is 2.15. The van der Waals surface area contributed by atoms with Crippen molar-refractivity contribution < 1.29 is 5.11 Å². The van der Waals surface area contributed by atoms with Crippen molar-refractivity contribution in [2.45, 2.75) is 32.5 Å². The summed E-state index contributed by atoms with van der Waals surface area (Å²) in [7, 11) is 0. The lowest BCUT2D eigenvalue weighted by atomic mass is 10.0. The van der Waals surface area contributed by atoms with Crippen molar-refractivity contribution in [3.8, 4) is 0 Å². The van der Waals surface area contributed by atoms with Crippen LogP contribution in [0.5, 0.6) is 0 Å². The van der Waals surface area contributed by atoms with Crippen molar-refractivity contribution >= 4 is 0 Å². The van der Waals surface area contributed by atoms with Crippen molar-refractivity contribution in [2.75, 3.05) is 6.61 Å². The maximum absolute atomic E-state index is 8.86. The molecule has 1 unspecified atom stereocenters. The molecule has 0 aliphatic rings. The van der Waals surface area contributed by atoms with Crippen LogP contribution in [0.3, 0.4) is 0 Å². The Balaban J connectivity index is 1.92. The van der Waals surface area contributed by atoms with Crippen LogP contribution in [-0.4, -0.2) is 21.5 Å². The second-order valence-corrected chi connectivity index (χ2v) is 4.59. The number of hydrogen-bond donors (Lipinski definition) is 2. The monoisotopic (exact) mass is 259 g/mol. The first-order valence-corrected chi connectivity index (χ1v) is 6.74. The number of rotatable bonds is 7. The summed E-state index contributed by atoms with van der Waals surface area (Å²) in [5.41, 5.74) is 2.45. The van der Waals surface area contributed by atoms with Crippen molar-refractivity contribution in [3.05, 3.63) is 53.9 Å². The number of aliphatic hydroxyl groups is 1. The average molecular weight is 259 g/mol. The van der Waals surface area contributed by atoms with E-state index in [1.165, 1.54) is 5.56 Å². The van der Waals surface area contributed by atoms with Crippen molar-refractivity contribution in [1.29, 1.82) is 0 Å². The lowest BCUT2D eigenvalue weighted by Gasteiger charge is -2.16. The van der Waals surface area contributed by atoms with Crippen molar-refractivity contribution in [3.63, 3.8) is 0 Å². The minimum absolute atomic E-state index is 0.121. The van der Waals surface area contributed by atoms with Gasteiger partial charge in [-0.25, -0.2) is 0 Å². The van der Waals surface area contributed by atoms with Crippen LogP contribution >= 0.6 is 0 Å². The molecule has 0 spiro atoms. The summed E-state index contributed by atoms with van der Waals surface area (Å²) in [5, 5.41) is 16.6. The third-order valence-electron chi connectivity index (χ3n) is 3.18.